The molecular formula is C35H36N8O2. The lowest BCUT2D eigenvalue weighted by atomic mass is 10.0. The van der Waals surface area contributed by atoms with Crippen LogP contribution >= 0.6 is 0 Å². The lowest BCUT2D eigenvalue weighted by Crippen LogP contribution is -2.50. The molecule has 1 amide bonds. The molecule has 0 atom stereocenters. The van der Waals surface area contributed by atoms with E-state index < -0.39 is 5.60 Å². The number of aromatic nitrogens is 6. The van der Waals surface area contributed by atoms with Gasteiger partial charge in [-0.15, -0.1) is 0 Å². The molecule has 10 heteroatoms. The molecule has 7 rings (SSSR count). The minimum absolute atomic E-state index is 0.245. The zero-order valence-corrected chi connectivity index (χ0v) is 26.2. The zero-order valence-electron chi connectivity index (χ0n) is 26.2. The molecule has 0 bridgehead atoms. The first kappa shape index (κ1) is 28.5. The number of hydrogen-bond donors (Lipinski definition) is 0. The van der Waals surface area contributed by atoms with Gasteiger partial charge < -0.3 is 14.5 Å². The van der Waals surface area contributed by atoms with Crippen LogP contribution in [-0.2, 0) is 11.8 Å². The molecule has 0 unspecified atom stereocenters. The Morgan fingerprint density at radius 1 is 0.844 bits per heavy atom. The number of carbonyl (C=O) groups excluding carboxylic acids is 1. The monoisotopic (exact) mass is 600 g/mol. The van der Waals surface area contributed by atoms with E-state index in [1.807, 2.05) is 70.0 Å². The Hall–Kier alpha value is -5.25. The molecule has 4 aromatic heterocycles. The minimum Gasteiger partial charge on any atom is -0.444 e. The summed E-state index contributed by atoms with van der Waals surface area (Å²) in [4.78, 5) is 25.9. The Morgan fingerprint density at radius 2 is 1.60 bits per heavy atom. The summed E-state index contributed by atoms with van der Waals surface area (Å²) in [6.45, 7) is 10.5. The lowest BCUT2D eigenvalue weighted by Gasteiger charge is -2.36. The van der Waals surface area contributed by atoms with E-state index >= 15 is 0 Å². The van der Waals surface area contributed by atoms with Crippen LogP contribution in [0.5, 0.6) is 0 Å². The molecule has 0 aliphatic carbocycles. The third-order valence-electron chi connectivity index (χ3n) is 8.18. The summed E-state index contributed by atoms with van der Waals surface area (Å²) in [6, 6.07) is 20.9. The Labute approximate surface area is 261 Å². The van der Waals surface area contributed by atoms with Crippen LogP contribution in [0.3, 0.4) is 0 Å². The molecule has 1 aliphatic heterocycles. The summed E-state index contributed by atoms with van der Waals surface area (Å²) >= 11 is 0. The van der Waals surface area contributed by atoms with E-state index in [1.54, 1.807) is 9.58 Å². The van der Waals surface area contributed by atoms with Gasteiger partial charge >= 0.3 is 6.09 Å². The summed E-state index contributed by atoms with van der Waals surface area (Å²) in [6.07, 6.45) is 5.41. The van der Waals surface area contributed by atoms with Crippen LogP contribution in [0.15, 0.2) is 79.3 Å². The van der Waals surface area contributed by atoms with Crippen LogP contribution in [0.1, 0.15) is 26.5 Å². The van der Waals surface area contributed by atoms with Gasteiger partial charge in [-0.2, -0.15) is 10.2 Å². The third-order valence-corrected chi connectivity index (χ3v) is 8.18. The van der Waals surface area contributed by atoms with Gasteiger partial charge in [0, 0.05) is 73.4 Å². The van der Waals surface area contributed by atoms with Crippen molar-refractivity contribution < 1.29 is 9.53 Å². The first-order valence-electron chi connectivity index (χ1n) is 15.2. The molecule has 6 aromatic rings. The Bertz CT molecular complexity index is 2030. The van der Waals surface area contributed by atoms with Gasteiger partial charge in [0.1, 0.15) is 5.60 Å². The quantitative estimate of drug-likeness (QED) is 0.232. The second kappa shape index (κ2) is 11.0. The smallest absolute Gasteiger partial charge is 0.410 e. The summed E-state index contributed by atoms with van der Waals surface area (Å²) < 4.78 is 9.26. The fourth-order valence-corrected chi connectivity index (χ4v) is 5.90. The number of benzene rings is 2. The molecule has 0 radical (unpaired) electrons. The molecule has 0 N–H and O–H groups in total. The molecule has 0 spiro atoms. The molecule has 2 aromatic carbocycles. The van der Waals surface area contributed by atoms with Crippen LogP contribution in [0.4, 0.5) is 10.5 Å². The highest BCUT2D eigenvalue weighted by Gasteiger charge is 2.26. The van der Waals surface area contributed by atoms with Crippen LogP contribution < -0.4 is 4.90 Å². The van der Waals surface area contributed by atoms with Crippen LogP contribution in [-0.4, -0.2) is 72.1 Å². The van der Waals surface area contributed by atoms with E-state index in [4.69, 9.17) is 14.8 Å². The molecule has 10 nitrogen and oxygen atoms in total. The Kier molecular flexibility index (Phi) is 6.99. The maximum absolute atomic E-state index is 12.5. The molecule has 1 aliphatic rings. The van der Waals surface area contributed by atoms with Crippen molar-refractivity contribution in [1.82, 2.24) is 34.3 Å². The number of piperazine rings is 1. The van der Waals surface area contributed by atoms with Crippen molar-refractivity contribution in [2.45, 2.75) is 33.3 Å². The average molecular weight is 601 g/mol. The van der Waals surface area contributed by atoms with E-state index in [0.29, 0.717) is 13.1 Å². The van der Waals surface area contributed by atoms with Gasteiger partial charge in [-0.1, -0.05) is 24.3 Å². The van der Waals surface area contributed by atoms with Gasteiger partial charge in [0.15, 0.2) is 5.65 Å². The van der Waals surface area contributed by atoms with Gasteiger partial charge in [0.2, 0.25) is 0 Å². The van der Waals surface area contributed by atoms with Crippen LogP contribution in [0.2, 0.25) is 0 Å². The number of imidazole rings is 1. The second-order valence-electron chi connectivity index (χ2n) is 12.5. The molecule has 1 saturated heterocycles. The van der Waals surface area contributed by atoms with Crippen molar-refractivity contribution in [1.29, 1.82) is 0 Å². The number of anilines is 1. The standard InChI is InChI=1S/C35H36N8O2/c1-23-29(24-6-9-26(10-7-24)41-16-18-42(19-17-41)34(44)45-35(2,3)4)21-33-37-22-32(43(33)38-23)28-12-14-36-31-20-25(8-11-27(28)31)30-13-15-40(5)39-30/h6-15,20-22H,16-19H2,1-5H3. The number of amides is 1. The van der Waals surface area contributed by atoms with E-state index in [-0.39, 0.29) is 6.09 Å². The first-order chi connectivity index (χ1) is 21.6. The predicted octanol–water partition coefficient (Wildman–Crippen LogP) is 6.38. The number of pyridine rings is 1. The zero-order chi connectivity index (χ0) is 31.3. The molecule has 5 heterocycles. The van der Waals surface area contributed by atoms with Crippen molar-refractivity contribution >= 4 is 28.3 Å². The SMILES string of the molecule is Cc1nn2c(-c3ccnc4cc(-c5ccn(C)n5)ccc34)cnc2cc1-c1ccc(N2CCN(C(=O)OC(C)(C)C)CC2)cc1. The summed E-state index contributed by atoms with van der Waals surface area (Å²) in [5.74, 6) is 0. The van der Waals surface area contributed by atoms with Gasteiger partial charge in [-0.05, 0) is 69.7 Å². The van der Waals surface area contributed by atoms with E-state index in [2.05, 4.69) is 63.5 Å². The predicted molar refractivity (Wildman–Crippen MR) is 176 cm³/mol. The van der Waals surface area contributed by atoms with Gasteiger partial charge in [-0.3, -0.25) is 9.67 Å². The van der Waals surface area contributed by atoms with Crippen molar-refractivity contribution in [3.8, 4) is 33.6 Å². The minimum atomic E-state index is -0.489. The molecule has 228 valence electrons. The van der Waals surface area contributed by atoms with Gasteiger partial charge in [0.25, 0.3) is 0 Å². The maximum Gasteiger partial charge on any atom is 0.410 e. The number of hydrogen-bond acceptors (Lipinski definition) is 7. The second-order valence-corrected chi connectivity index (χ2v) is 12.5. The maximum atomic E-state index is 12.5. The summed E-state index contributed by atoms with van der Waals surface area (Å²) in [5, 5.41) is 10.6. The Balaban J connectivity index is 1.12. The van der Waals surface area contributed by atoms with E-state index in [1.165, 1.54) is 0 Å². The number of nitrogens with zero attached hydrogens (tertiary/aromatic N) is 8. The van der Waals surface area contributed by atoms with Crippen molar-refractivity contribution in [2.24, 2.45) is 7.05 Å². The molecule has 1 fully saturated rings. The molecule has 45 heavy (non-hydrogen) atoms. The topological polar surface area (TPSA) is 93.7 Å². The third kappa shape index (κ3) is 5.59. The highest BCUT2D eigenvalue weighted by molar-refractivity contribution is 5.95. The average Bonchev–Trinajstić information content (AvgIpc) is 3.65. The van der Waals surface area contributed by atoms with E-state index in [9.17, 15) is 4.79 Å². The normalized spacial score (nSPS) is 14.0. The van der Waals surface area contributed by atoms with Gasteiger partial charge in [-0.25, -0.2) is 14.3 Å². The van der Waals surface area contributed by atoms with Crippen molar-refractivity contribution in [3.63, 3.8) is 0 Å². The highest BCUT2D eigenvalue weighted by Crippen LogP contribution is 2.32. The van der Waals surface area contributed by atoms with Gasteiger partial charge in [0.05, 0.1) is 28.8 Å². The van der Waals surface area contributed by atoms with Crippen LogP contribution in [0.25, 0.3) is 50.2 Å². The lowest BCUT2D eigenvalue weighted by molar-refractivity contribution is 0.0240. The summed E-state index contributed by atoms with van der Waals surface area (Å²) in [7, 11) is 1.92. The number of aryl methyl sites for hydroxylation is 2. The Morgan fingerprint density at radius 3 is 2.31 bits per heavy atom. The summed E-state index contributed by atoms with van der Waals surface area (Å²) in [5.41, 5.74) is 9.24. The van der Waals surface area contributed by atoms with E-state index in [0.717, 1.165) is 74.7 Å². The number of carbonyl (C=O) groups is 1. The van der Waals surface area contributed by atoms with Crippen molar-refractivity contribution in [3.05, 3.63) is 84.9 Å². The number of rotatable bonds is 4. The highest BCUT2D eigenvalue weighted by atomic mass is 16.6. The number of ether oxygens (including phenoxy) is 1. The molecular weight excluding hydrogens is 564 g/mol. The number of fused-ring (bicyclic) bond motifs is 2. The van der Waals surface area contributed by atoms with Crippen LogP contribution in [0, 0.1) is 6.92 Å². The fourth-order valence-electron chi connectivity index (χ4n) is 5.90. The largest absolute Gasteiger partial charge is 0.444 e. The van der Waals surface area contributed by atoms with Crippen molar-refractivity contribution in [2.75, 3.05) is 31.1 Å². The fraction of sp³-hybridized carbons (Fsp3) is 0.286. The first-order valence-corrected chi connectivity index (χ1v) is 15.2. The molecule has 0 saturated carbocycles.